The Morgan fingerprint density at radius 1 is 1.29 bits per heavy atom. The Morgan fingerprint density at radius 2 is 1.86 bits per heavy atom. The smallest absolute Gasteiger partial charge is 0.139 e. The van der Waals surface area contributed by atoms with Gasteiger partial charge in [-0.15, -0.1) is 0 Å². The normalized spacial score (nSPS) is 27.3. The van der Waals surface area contributed by atoms with E-state index < -0.39 is 0 Å². The second-order valence-corrected chi connectivity index (χ2v) is 4.70. The van der Waals surface area contributed by atoms with E-state index in [1.165, 1.54) is 12.8 Å². The third kappa shape index (κ3) is 3.28. The number of carbonyl (C=O) groups is 1. The van der Waals surface area contributed by atoms with Crippen molar-refractivity contribution in [2.24, 2.45) is 11.8 Å². The number of Topliss-reactive ketones (excluding diaryl/α,β-unsaturated/α-hetero) is 1. The van der Waals surface area contributed by atoms with Crippen LogP contribution in [0.4, 0.5) is 0 Å². The minimum atomic E-state index is 0.342. The Hall–Kier alpha value is -0.590. The molecule has 0 aromatic heterocycles. The zero-order valence-electron chi connectivity index (χ0n) is 9.51. The van der Waals surface area contributed by atoms with Gasteiger partial charge >= 0.3 is 0 Å². The summed E-state index contributed by atoms with van der Waals surface area (Å²) in [7, 11) is 0. The minimum Gasteiger partial charge on any atom is -0.299 e. The quantitative estimate of drug-likeness (QED) is 0.623. The Bertz CT molecular complexity index is 209. The molecular weight excluding hydrogens is 172 g/mol. The molecule has 0 unspecified atom stereocenters. The molecule has 0 saturated heterocycles. The van der Waals surface area contributed by atoms with Crippen molar-refractivity contribution in [3.8, 4) is 0 Å². The topological polar surface area (TPSA) is 17.1 Å². The lowest BCUT2D eigenvalue weighted by Gasteiger charge is -2.25. The monoisotopic (exact) mass is 194 g/mol. The Balaban J connectivity index is 2.34. The van der Waals surface area contributed by atoms with Crippen LogP contribution in [-0.2, 0) is 4.79 Å². The lowest BCUT2D eigenvalue weighted by molar-refractivity contribution is -0.123. The van der Waals surface area contributed by atoms with Crippen LogP contribution >= 0.6 is 0 Å². The number of hydrogen-bond acceptors (Lipinski definition) is 1. The second-order valence-electron chi connectivity index (χ2n) is 4.70. The highest BCUT2D eigenvalue weighted by Gasteiger charge is 2.23. The van der Waals surface area contributed by atoms with Crippen molar-refractivity contribution in [1.29, 1.82) is 0 Å². The summed E-state index contributed by atoms with van der Waals surface area (Å²) in [5, 5.41) is 0. The molecule has 14 heavy (non-hydrogen) atoms. The van der Waals surface area contributed by atoms with Crippen LogP contribution in [0.1, 0.15) is 52.4 Å². The number of hydrogen-bond donors (Lipinski definition) is 0. The SMILES string of the molecule is C=C(CC)CC(=O)C1CCC(C)CC1. The third-order valence-electron chi connectivity index (χ3n) is 3.40. The number of rotatable bonds is 4. The molecule has 0 radical (unpaired) electrons. The molecule has 0 heterocycles. The van der Waals surface area contributed by atoms with Crippen LogP contribution in [-0.4, -0.2) is 5.78 Å². The summed E-state index contributed by atoms with van der Waals surface area (Å²) in [6, 6.07) is 0. The van der Waals surface area contributed by atoms with E-state index in [2.05, 4.69) is 20.4 Å². The van der Waals surface area contributed by atoms with E-state index in [0.29, 0.717) is 18.1 Å². The van der Waals surface area contributed by atoms with Crippen LogP contribution in [0.2, 0.25) is 0 Å². The van der Waals surface area contributed by atoms with Crippen molar-refractivity contribution >= 4 is 5.78 Å². The average molecular weight is 194 g/mol. The van der Waals surface area contributed by atoms with Gasteiger partial charge in [0.05, 0.1) is 0 Å². The predicted molar refractivity (Wildman–Crippen MR) is 60.2 cm³/mol. The van der Waals surface area contributed by atoms with E-state index in [1.807, 2.05) is 0 Å². The van der Waals surface area contributed by atoms with Gasteiger partial charge in [0.1, 0.15) is 5.78 Å². The maximum atomic E-state index is 11.8. The summed E-state index contributed by atoms with van der Waals surface area (Å²) >= 11 is 0. The lowest BCUT2D eigenvalue weighted by atomic mass is 9.79. The number of allylic oxidation sites excluding steroid dienone is 1. The van der Waals surface area contributed by atoms with Gasteiger partial charge in [0.2, 0.25) is 0 Å². The third-order valence-corrected chi connectivity index (χ3v) is 3.40. The molecular formula is C13H22O. The van der Waals surface area contributed by atoms with Crippen LogP contribution in [0.15, 0.2) is 12.2 Å². The fourth-order valence-corrected chi connectivity index (χ4v) is 2.10. The van der Waals surface area contributed by atoms with Crippen molar-refractivity contribution < 1.29 is 4.79 Å². The van der Waals surface area contributed by atoms with Gasteiger partial charge in [-0.1, -0.05) is 38.8 Å². The summed E-state index contributed by atoms with van der Waals surface area (Å²) in [5.74, 6) is 1.60. The first-order chi connectivity index (χ1) is 6.63. The summed E-state index contributed by atoms with van der Waals surface area (Å²) in [4.78, 5) is 11.8. The first-order valence-corrected chi connectivity index (χ1v) is 5.82. The van der Waals surface area contributed by atoms with Crippen LogP contribution in [0.25, 0.3) is 0 Å². The van der Waals surface area contributed by atoms with Gasteiger partial charge in [0.25, 0.3) is 0 Å². The predicted octanol–water partition coefficient (Wildman–Crippen LogP) is 3.74. The molecule has 0 N–H and O–H groups in total. The molecule has 0 atom stereocenters. The number of carbonyl (C=O) groups excluding carboxylic acids is 1. The summed E-state index contributed by atoms with van der Waals surface area (Å²) in [6.07, 6.45) is 6.24. The fourth-order valence-electron chi connectivity index (χ4n) is 2.10. The summed E-state index contributed by atoms with van der Waals surface area (Å²) < 4.78 is 0. The Labute approximate surface area is 87.6 Å². The van der Waals surface area contributed by atoms with Gasteiger partial charge in [-0.05, 0) is 25.2 Å². The van der Waals surface area contributed by atoms with Gasteiger partial charge in [-0.25, -0.2) is 0 Å². The molecule has 0 spiro atoms. The molecule has 80 valence electrons. The van der Waals surface area contributed by atoms with Crippen molar-refractivity contribution in [2.75, 3.05) is 0 Å². The van der Waals surface area contributed by atoms with Crippen molar-refractivity contribution in [3.63, 3.8) is 0 Å². The van der Waals surface area contributed by atoms with Crippen LogP contribution < -0.4 is 0 Å². The second kappa shape index (κ2) is 5.33. The fraction of sp³-hybridized carbons (Fsp3) is 0.769. The first kappa shape index (κ1) is 11.5. The Morgan fingerprint density at radius 3 is 2.36 bits per heavy atom. The van der Waals surface area contributed by atoms with Gasteiger partial charge < -0.3 is 0 Å². The summed E-state index contributed by atoms with van der Waals surface area (Å²) in [5.41, 5.74) is 1.09. The maximum absolute atomic E-state index is 11.8. The zero-order chi connectivity index (χ0) is 10.6. The van der Waals surface area contributed by atoms with Gasteiger partial charge in [-0.3, -0.25) is 4.79 Å². The zero-order valence-corrected chi connectivity index (χ0v) is 9.51. The molecule has 1 nitrogen and oxygen atoms in total. The van der Waals surface area contributed by atoms with Gasteiger partial charge in [0, 0.05) is 12.3 Å². The van der Waals surface area contributed by atoms with Crippen LogP contribution in [0.3, 0.4) is 0 Å². The van der Waals surface area contributed by atoms with E-state index in [1.54, 1.807) is 0 Å². The van der Waals surface area contributed by atoms with E-state index in [0.717, 1.165) is 30.8 Å². The molecule has 0 aromatic carbocycles. The minimum absolute atomic E-state index is 0.342. The van der Waals surface area contributed by atoms with Crippen LogP contribution in [0, 0.1) is 11.8 Å². The summed E-state index contributed by atoms with van der Waals surface area (Å²) in [6.45, 7) is 8.25. The average Bonchev–Trinajstić information content (AvgIpc) is 2.18. The van der Waals surface area contributed by atoms with E-state index in [4.69, 9.17) is 0 Å². The maximum Gasteiger partial charge on any atom is 0.139 e. The molecule has 1 heteroatoms. The van der Waals surface area contributed by atoms with E-state index in [-0.39, 0.29) is 0 Å². The number of ketones is 1. The molecule has 1 rings (SSSR count). The molecule has 1 aliphatic carbocycles. The molecule has 1 aliphatic rings. The molecule has 0 aromatic rings. The highest BCUT2D eigenvalue weighted by molar-refractivity contribution is 5.83. The molecule has 1 fully saturated rings. The molecule has 0 bridgehead atoms. The molecule has 0 amide bonds. The van der Waals surface area contributed by atoms with E-state index >= 15 is 0 Å². The highest BCUT2D eigenvalue weighted by Crippen LogP contribution is 2.30. The van der Waals surface area contributed by atoms with Crippen LogP contribution in [0.5, 0.6) is 0 Å². The Kier molecular flexibility index (Phi) is 4.37. The van der Waals surface area contributed by atoms with E-state index in [9.17, 15) is 4.79 Å². The highest BCUT2D eigenvalue weighted by atomic mass is 16.1. The largest absolute Gasteiger partial charge is 0.299 e. The van der Waals surface area contributed by atoms with Gasteiger partial charge in [-0.2, -0.15) is 0 Å². The molecule has 1 saturated carbocycles. The van der Waals surface area contributed by atoms with Crippen molar-refractivity contribution in [2.45, 2.75) is 52.4 Å². The van der Waals surface area contributed by atoms with Gasteiger partial charge in [0.15, 0.2) is 0 Å². The van der Waals surface area contributed by atoms with Crippen molar-refractivity contribution in [1.82, 2.24) is 0 Å². The van der Waals surface area contributed by atoms with Crippen molar-refractivity contribution in [3.05, 3.63) is 12.2 Å². The molecule has 0 aliphatic heterocycles. The standard InChI is InChI=1S/C13H22O/c1-4-10(2)9-13(14)12-7-5-11(3)6-8-12/h11-12H,2,4-9H2,1,3H3. The lowest BCUT2D eigenvalue weighted by Crippen LogP contribution is -2.20. The first-order valence-electron chi connectivity index (χ1n) is 5.82.